The summed E-state index contributed by atoms with van der Waals surface area (Å²) in [6.07, 6.45) is 0.914. The van der Waals surface area contributed by atoms with Crippen molar-refractivity contribution in [2.45, 2.75) is 18.9 Å². The van der Waals surface area contributed by atoms with Crippen LogP contribution in [-0.2, 0) is 14.3 Å². The van der Waals surface area contributed by atoms with Crippen LogP contribution in [0.15, 0.2) is 0 Å². The third-order valence-electron chi connectivity index (χ3n) is 2.46. The minimum atomic E-state index is -0.626. The summed E-state index contributed by atoms with van der Waals surface area (Å²) >= 11 is 0. The van der Waals surface area contributed by atoms with Crippen molar-refractivity contribution < 1.29 is 19.4 Å². The van der Waals surface area contributed by atoms with Gasteiger partial charge in [0, 0.05) is 32.8 Å². The van der Waals surface area contributed by atoms with Crippen LogP contribution in [0, 0.1) is 5.92 Å². The van der Waals surface area contributed by atoms with E-state index in [1.54, 1.807) is 0 Å². The summed E-state index contributed by atoms with van der Waals surface area (Å²) in [6.45, 7) is 1.80. The van der Waals surface area contributed by atoms with Crippen molar-refractivity contribution in [2.75, 3.05) is 33.5 Å². The van der Waals surface area contributed by atoms with Gasteiger partial charge in [0.2, 0.25) is 5.91 Å². The van der Waals surface area contributed by atoms with Crippen molar-refractivity contribution >= 4 is 5.91 Å². The summed E-state index contributed by atoms with van der Waals surface area (Å²) in [6, 6.07) is 0. The molecule has 0 aromatic rings. The van der Waals surface area contributed by atoms with Crippen LogP contribution in [0.25, 0.3) is 0 Å². The zero-order valence-electron chi connectivity index (χ0n) is 9.07. The lowest BCUT2D eigenvalue weighted by atomic mass is 9.99. The zero-order chi connectivity index (χ0) is 11.1. The van der Waals surface area contributed by atoms with Crippen LogP contribution in [-0.4, -0.2) is 50.6 Å². The quantitative estimate of drug-likeness (QED) is 0.653. The fourth-order valence-corrected chi connectivity index (χ4v) is 1.57. The van der Waals surface area contributed by atoms with Crippen LogP contribution in [0.4, 0.5) is 0 Å². The first-order chi connectivity index (χ1) is 7.24. The molecule has 5 heteroatoms. The van der Waals surface area contributed by atoms with E-state index >= 15 is 0 Å². The van der Waals surface area contributed by atoms with Gasteiger partial charge in [-0.1, -0.05) is 0 Å². The predicted molar refractivity (Wildman–Crippen MR) is 54.4 cm³/mol. The van der Waals surface area contributed by atoms with Gasteiger partial charge in [-0.15, -0.1) is 0 Å². The normalized spacial score (nSPS) is 19.9. The minimum Gasteiger partial charge on any atom is -0.389 e. The van der Waals surface area contributed by atoms with E-state index in [1.165, 1.54) is 7.11 Å². The average Bonchev–Trinajstić information content (AvgIpc) is 2.27. The third-order valence-corrected chi connectivity index (χ3v) is 2.46. The highest BCUT2D eigenvalue weighted by Crippen LogP contribution is 2.14. The fraction of sp³-hybridized carbons (Fsp3) is 0.900. The monoisotopic (exact) mass is 217 g/mol. The first-order valence-corrected chi connectivity index (χ1v) is 5.26. The number of aliphatic hydroxyl groups is 1. The second-order valence-corrected chi connectivity index (χ2v) is 3.74. The van der Waals surface area contributed by atoms with Crippen molar-refractivity contribution in [1.82, 2.24) is 5.32 Å². The molecule has 0 aromatic carbocycles. The number of carbonyl (C=O) groups excluding carboxylic acids is 1. The lowest BCUT2D eigenvalue weighted by Crippen LogP contribution is -2.39. The van der Waals surface area contributed by atoms with E-state index < -0.39 is 6.10 Å². The number of carbonyl (C=O) groups is 1. The van der Waals surface area contributed by atoms with Gasteiger partial charge in [-0.25, -0.2) is 0 Å². The number of hydrogen-bond donors (Lipinski definition) is 2. The zero-order valence-corrected chi connectivity index (χ0v) is 9.07. The van der Waals surface area contributed by atoms with E-state index in [2.05, 4.69) is 5.32 Å². The van der Waals surface area contributed by atoms with E-state index in [1.807, 2.05) is 0 Å². The number of hydrogen-bond acceptors (Lipinski definition) is 4. The number of ether oxygens (including phenoxy) is 2. The van der Waals surface area contributed by atoms with Crippen LogP contribution >= 0.6 is 0 Å². The molecule has 1 saturated heterocycles. The van der Waals surface area contributed by atoms with Gasteiger partial charge in [-0.05, 0) is 12.8 Å². The van der Waals surface area contributed by atoms with Crippen LogP contribution in [0.1, 0.15) is 12.8 Å². The van der Waals surface area contributed by atoms with E-state index in [0.29, 0.717) is 13.2 Å². The van der Waals surface area contributed by atoms with Gasteiger partial charge in [-0.2, -0.15) is 0 Å². The molecule has 0 aliphatic carbocycles. The highest BCUT2D eigenvalue weighted by molar-refractivity contribution is 5.78. The lowest BCUT2D eigenvalue weighted by Gasteiger charge is -2.21. The van der Waals surface area contributed by atoms with E-state index in [-0.39, 0.29) is 25.0 Å². The summed E-state index contributed by atoms with van der Waals surface area (Å²) in [5, 5.41) is 12.0. The molecule has 1 heterocycles. The smallest absolute Gasteiger partial charge is 0.223 e. The largest absolute Gasteiger partial charge is 0.389 e. The molecule has 2 N–H and O–H groups in total. The standard InChI is InChI=1S/C10H19NO4/c1-14-7-9(12)6-11-10(13)8-2-4-15-5-3-8/h8-9,12H,2-7H2,1H3,(H,11,13). The highest BCUT2D eigenvalue weighted by atomic mass is 16.5. The SMILES string of the molecule is COCC(O)CNC(=O)C1CCOCC1. The molecule has 0 aromatic heterocycles. The van der Waals surface area contributed by atoms with Crippen molar-refractivity contribution in [3.8, 4) is 0 Å². The van der Waals surface area contributed by atoms with Crippen LogP contribution in [0.2, 0.25) is 0 Å². The Hall–Kier alpha value is -0.650. The Kier molecular flexibility index (Phi) is 5.60. The number of methoxy groups -OCH3 is 1. The molecule has 1 aliphatic rings. The van der Waals surface area contributed by atoms with Crippen molar-refractivity contribution in [2.24, 2.45) is 5.92 Å². The molecule has 0 radical (unpaired) electrons. The van der Waals surface area contributed by atoms with Gasteiger partial charge in [0.25, 0.3) is 0 Å². The van der Waals surface area contributed by atoms with Crippen LogP contribution in [0.3, 0.4) is 0 Å². The maximum absolute atomic E-state index is 11.6. The average molecular weight is 217 g/mol. The minimum absolute atomic E-state index is 0.00783. The molecule has 0 bridgehead atoms. The Morgan fingerprint density at radius 3 is 2.87 bits per heavy atom. The van der Waals surface area contributed by atoms with Gasteiger partial charge in [0.1, 0.15) is 0 Å². The summed E-state index contributed by atoms with van der Waals surface area (Å²) in [5.74, 6) is 0.0435. The van der Waals surface area contributed by atoms with Gasteiger partial charge in [-0.3, -0.25) is 4.79 Å². The summed E-state index contributed by atoms with van der Waals surface area (Å²) in [5.41, 5.74) is 0. The van der Waals surface area contributed by atoms with Crippen molar-refractivity contribution in [3.63, 3.8) is 0 Å². The summed E-state index contributed by atoms with van der Waals surface area (Å²) < 4.78 is 9.92. The molecule has 0 saturated carbocycles. The summed E-state index contributed by atoms with van der Waals surface area (Å²) in [7, 11) is 1.52. The molecule has 15 heavy (non-hydrogen) atoms. The Morgan fingerprint density at radius 1 is 1.60 bits per heavy atom. The van der Waals surface area contributed by atoms with Gasteiger partial charge >= 0.3 is 0 Å². The maximum atomic E-state index is 11.6. The first-order valence-electron chi connectivity index (χ1n) is 5.26. The topological polar surface area (TPSA) is 67.8 Å². The second-order valence-electron chi connectivity index (χ2n) is 3.74. The lowest BCUT2D eigenvalue weighted by molar-refractivity contribution is -0.128. The Balaban J connectivity index is 2.16. The molecule has 1 atom stereocenters. The van der Waals surface area contributed by atoms with Gasteiger partial charge in [0.15, 0.2) is 0 Å². The van der Waals surface area contributed by atoms with Gasteiger partial charge in [0.05, 0.1) is 12.7 Å². The Bertz CT molecular complexity index is 192. The van der Waals surface area contributed by atoms with Gasteiger partial charge < -0.3 is 19.9 Å². The third kappa shape index (κ3) is 4.59. The van der Waals surface area contributed by atoms with E-state index in [9.17, 15) is 9.90 Å². The fourth-order valence-electron chi connectivity index (χ4n) is 1.57. The van der Waals surface area contributed by atoms with Crippen LogP contribution < -0.4 is 5.32 Å². The molecular formula is C10H19NO4. The molecule has 0 spiro atoms. The summed E-state index contributed by atoms with van der Waals surface area (Å²) in [4.78, 5) is 11.6. The molecule has 5 nitrogen and oxygen atoms in total. The van der Waals surface area contributed by atoms with E-state index in [0.717, 1.165) is 12.8 Å². The maximum Gasteiger partial charge on any atom is 0.223 e. The molecule has 1 amide bonds. The van der Waals surface area contributed by atoms with Crippen molar-refractivity contribution in [1.29, 1.82) is 0 Å². The number of amides is 1. The van der Waals surface area contributed by atoms with Crippen molar-refractivity contribution in [3.05, 3.63) is 0 Å². The van der Waals surface area contributed by atoms with E-state index in [4.69, 9.17) is 9.47 Å². The molecule has 88 valence electrons. The number of nitrogens with one attached hydrogen (secondary N) is 1. The molecule has 1 aliphatic heterocycles. The van der Waals surface area contributed by atoms with Crippen LogP contribution in [0.5, 0.6) is 0 Å². The number of rotatable bonds is 5. The highest BCUT2D eigenvalue weighted by Gasteiger charge is 2.21. The number of aliphatic hydroxyl groups excluding tert-OH is 1. The first kappa shape index (κ1) is 12.4. The second kappa shape index (κ2) is 6.76. The molecule has 1 rings (SSSR count). The molecule has 1 fully saturated rings. The Morgan fingerprint density at radius 2 is 2.27 bits per heavy atom. The molecule has 1 unspecified atom stereocenters. The Labute approximate surface area is 89.8 Å². The predicted octanol–water partition coefficient (Wildman–Crippen LogP) is -0.463. The molecular weight excluding hydrogens is 198 g/mol.